The third-order valence-electron chi connectivity index (χ3n) is 3.11. The largest absolute Gasteiger partial charge is 0.385 e. The van der Waals surface area contributed by atoms with E-state index in [-0.39, 0.29) is 18.2 Å². The van der Waals surface area contributed by atoms with Crippen LogP contribution in [0.3, 0.4) is 0 Å². The van der Waals surface area contributed by atoms with Gasteiger partial charge < -0.3 is 16.0 Å². The summed E-state index contributed by atoms with van der Waals surface area (Å²) in [5.41, 5.74) is 2.08. The van der Waals surface area contributed by atoms with Gasteiger partial charge in [-0.2, -0.15) is 0 Å². The number of anilines is 3. The average Bonchev–Trinajstić information content (AvgIpc) is 2.53. The Labute approximate surface area is 150 Å². The quantitative estimate of drug-likeness (QED) is 0.710. The molecule has 0 atom stereocenters. The van der Waals surface area contributed by atoms with Gasteiger partial charge in [-0.1, -0.05) is 29.3 Å². The molecule has 5 nitrogen and oxygen atoms in total. The van der Waals surface area contributed by atoms with Gasteiger partial charge in [-0.3, -0.25) is 9.59 Å². The summed E-state index contributed by atoms with van der Waals surface area (Å²) in [4.78, 5) is 22.9. The molecule has 0 aromatic heterocycles. The number of hydrogen-bond donors (Lipinski definition) is 3. The molecule has 0 aliphatic carbocycles. The molecule has 0 radical (unpaired) electrons. The molecule has 0 saturated carbocycles. The molecular weight excluding hydrogens is 349 g/mol. The van der Waals surface area contributed by atoms with Gasteiger partial charge >= 0.3 is 0 Å². The highest BCUT2D eigenvalue weighted by Gasteiger charge is 2.08. The van der Waals surface area contributed by atoms with E-state index in [4.69, 9.17) is 23.2 Å². The SMILES string of the molecule is CC(=O)Nc1ccc(NCCC(=O)Nc2cccc(Cl)c2Cl)cc1. The van der Waals surface area contributed by atoms with Crippen LogP contribution in [0.5, 0.6) is 0 Å². The maximum absolute atomic E-state index is 11.9. The van der Waals surface area contributed by atoms with Gasteiger partial charge in [-0.05, 0) is 36.4 Å². The van der Waals surface area contributed by atoms with Crippen molar-refractivity contribution in [1.29, 1.82) is 0 Å². The Bertz CT molecular complexity index is 733. The second-order valence-electron chi connectivity index (χ2n) is 5.08. The third-order valence-corrected chi connectivity index (χ3v) is 3.93. The molecule has 2 rings (SSSR count). The lowest BCUT2D eigenvalue weighted by Crippen LogP contribution is -2.16. The minimum absolute atomic E-state index is 0.118. The van der Waals surface area contributed by atoms with E-state index in [2.05, 4.69) is 16.0 Å². The maximum atomic E-state index is 11.9. The smallest absolute Gasteiger partial charge is 0.226 e. The van der Waals surface area contributed by atoms with Crippen LogP contribution in [0.15, 0.2) is 42.5 Å². The molecule has 0 spiro atoms. The molecule has 24 heavy (non-hydrogen) atoms. The van der Waals surface area contributed by atoms with Crippen LogP contribution in [0, 0.1) is 0 Å². The van der Waals surface area contributed by atoms with Crippen LogP contribution in [-0.4, -0.2) is 18.4 Å². The van der Waals surface area contributed by atoms with Gasteiger partial charge in [0, 0.05) is 31.3 Å². The first-order valence-electron chi connectivity index (χ1n) is 7.31. The summed E-state index contributed by atoms with van der Waals surface area (Å²) in [5, 5.41) is 9.27. The van der Waals surface area contributed by atoms with E-state index in [0.29, 0.717) is 22.3 Å². The van der Waals surface area contributed by atoms with Gasteiger partial charge in [0.15, 0.2) is 0 Å². The van der Waals surface area contributed by atoms with Gasteiger partial charge in [-0.25, -0.2) is 0 Å². The van der Waals surface area contributed by atoms with Crippen molar-refractivity contribution in [2.45, 2.75) is 13.3 Å². The van der Waals surface area contributed by atoms with E-state index in [9.17, 15) is 9.59 Å². The summed E-state index contributed by atoms with van der Waals surface area (Å²) >= 11 is 11.9. The van der Waals surface area contributed by atoms with Gasteiger partial charge in [0.05, 0.1) is 15.7 Å². The summed E-state index contributed by atoms with van der Waals surface area (Å²) < 4.78 is 0. The Morgan fingerprint density at radius 1 is 0.958 bits per heavy atom. The molecule has 0 aliphatic heterocycles. The van der Waals surface area contributed by atoms with Crippen molar-refractivity contribution < 1.29 is 9.59 Å². The minimum atomic E-state index is -0.165. The van der Waals surface area contributed by atoms with Crippen molar-refractivity contribution in [2.75, 3.05) is 22.5 Å². The second kappa shape index (κ2) is 8.57. The molecule has 0 heterocycles. The number of benzene rings is 2. The first-order valence-corrected chi connectivity index (χ1v) is 8.06. The highest BCUT2D eigenvalue weighted by Crippen LogP contribution is 2.29. The zero-order valence-electron chi connectivity index (χ0n) is 13.0. The van der Waals surface area contributed by atoms with Gasteiger partial charge in [-0.15, -0.1) is 0 Å². The van der Waals surface area contributed by atoms with E-state index < -0.39 is 0 Å². The number of amides is 2. The lowest BCUT2D eigenvalue weighted by Gasteiger charge is -2.10. The summed E-state index contributed by atoms with van der Waals surface area (Å²) in [6.45, 7) is 1.92. The molecule has 0 saturated heterocycles. The number of carbonyl (C=O) groups excluding carboxylic acids is 2. The zero-order valence-corrected chi connectivity index (χ0v) is 14.5. The Morgan fingerprint density at radius 3 is 2.29 bits per heavy atom. The Morgan fingerprint density at radius 2 is 1.62 bits per heavy atom. The number of rotatable bonds is 6. The van der Waals surface area contributed by atoms with Crippen LogP contribution >= 0.6 is 23.2 Å². The van der Waals surface area contributed by atoms with E-state index in [1.807, 2.05) is 12.1 Å². The first-order chi connectivity index (χ1) is 11.5. The fourth-order valence-corrected chi connectivity index (χ4v) is 2.36. The van der Waals surface area contributed by atoms with E-state index in [0.717, 1.165) is 11.4 Å². The van der Waals surface area contributed by atoms with Crippen molar-refractivity contribution in [3.8, 4) is 0 Å². The van der Waals surface area contributed by atoms with E-state index in [1.54, 1.807) is 30.3 Å². The van der Waals surface area contributed by atoms with Crippen LogP contribution in [0.1, 0.15) is 13.3 Å². The number of halogens is 2. The summed E-state index contributed by atoms with van der Waals surface area (Å²) in [6.07, 6.45) is 0.274. The molecule has 0 aliphatic rings. The van der Waals surface area contributed by atoms with Crippen LogP contribution in [0.2, 0.25) is 10.0 Å². The Kier molecular flexibility index (Phi) is 6.46. The van der Waals surface area contributed by atoms with E-state index in [1.165, 1.54) is 6.92 Å². The van der Waals surface area contributed by atoms with Crippen molar-refractivity contribution in [1.82, 2.24) is 0 Å². The Balaban J connectivity index is 1.80. The molecule has 3 N–H and O–H groups in total. The normalized spacial score (nSPS) is 10.1. The van der Waals surface area contributed by atoms with Crippen LogP contribution in [-0.2, 0) is 9.59 Å². The number of hydrogen-bond acceptors (Lipinski definition) is 3. The van der Waals surface area contributed by atoms with Crippen molar-refractivity contribution in [3.63, 3.8) is 0 Å². The van der Waals surface area contributed by atoms with Crippen molar-refractivity contribution in [3.05, 3.63) is 52.5 Å². The predicted octanol–water partition coefficient (Wildman–Crippen LogP) is 4.39. The lowest BCUT2D eigenvalue weighted by atomic mass is 10.2. The molecule has 0 fully saturated rings. The maximum Gasteiger partial charge on any atom is 0.226 e. The van der Waals surface area contributed by atoms with Crippen LogP contribution in [0.25, 0.3) is 0 Å². The lowest BCUT2D eigenvalue weighted by molar-refractivity contribution is -0.116. The van der Waals surface area contributed by atoms with Crippen molar-refractivity contribution in [2.24, 2.45) is 0 Å². The van der Waals surface area contributed by atoms with Gasteiger partial charge in [0.1, 0.15) is 0 Å². The third kappa shape index (κ3) is 5.44. The molecule has 2 aromatic rings. The molecule has 2 amide bonds. The molecule has 0 bridgehead atoms. The molecular formula is C17H17Cl2N3O2. The van der Waals surface area contributed by atoms with Crippen LogP contribution in [0.4, 0.5) is 17.1 Å². The van der Waals surface area contributed by atoms with Crippen molar-refractivity contribution >= 4 is 52.1 Å². The molecule has 0 unspecified atom stereocenters. The molecule has 7 heteroatoms. The zero-order chi connectivity index (χ0) is 17.5. The minimum Gasteiger partial charge on any atom is -0.385 e. The van der Waals surface area contributed by atoms with Gasteiger partial charge in [0.2, 0.25) is 11.8 Å². The van der Waals surface area contributed by atoms with Gasteiger partial charge in [0.25, 0.3) is 0 Å². The standard InChI is InChI=1S/C17H17Cl2N3O2/c1-11(23)21-13-7-5-12(6-8-13)20-10-9-16(24)22-15-4-2-3-14(18)17(15)19/h2-8,20H,9-10H2,1H3,(H,21,23)(H,22,24). The molecule has 2 aromatic carbocycles. The topological polar surface area (TPSA) is 70.2 Å². The summed E-state index contributed by atoms with van der Waals surface area (Å²) in [7, 11) is 0. The fourth-order valence-electron chi connectivity index (χ4n) is 2.01. The average molecular weight is 366 g/mol. The number of carbonyl (C=O) groups is 2. The van der Waals surface area contributed by atoms with E-state index >= 15 is 0 Å². The predicted molar refractivity (Wildman–Crippen MR) is 98.9 cm³/mol. The first kappa shape index (κ1) is 18.1. The fraction of sp³-hybridized carbons (Fsp3) is 0.176. The highest BCUT2D eigenvalue weighted by molar-refractivity contribution is 6.43. The Hall–Kier alpha value is -2.24. The molecule has 126 valence electrons. The number of nitrogens with one attached hydrogen (secondary N) is 3. The van der Waals surface area contributed by atoms with Crippen LogP contribution < -0.4 is 16.0 Å². The summed E-state index contributed by atoms with van der Waals surface area (Å²) in [5.74, 6) is -0.284. The summed E-state index contributed by atoms with van der Waals surface area (Å²) in [6, 6.07) is 12.3. The monoisotopic (exact) mass is 365 g/mol. The second-order valence-corrected chi connectivity index (χ2v) is 5.87. The highest BCUT2D eigenvalue weighted by atomic mass is 35.5.